The van der Waals surface area contributed by atoms with Gasteiger partial charge in [-0.15, -0.1) is 0 Å². The molecule has 0 saturated heterocycles. The van der Waals surface area contributed by atoms with Crippen LogP contribution in [0.2, 0.25) is 0 Å². The van der Waals surface area contributed by atoms with E-state index in [2.05, 4.69) is 0 Å². The van der Waals surface area contributed by atoms with Gasteiger partial charge in [-0.3, -0.25) is 13.7 Å². The number of nitrogens with two attached hydrogens (primary N) is 2. The van der Waals surface area contributed by atoms with E-state index in [0.717, 1.165) is 24.3 Å². The van der Waals surface area contributed by atoms with Crippen LogP contribution in [0.4, 0.5) is 11.4 Å². The largest absolute Gasteiger partial charge is 0.399 e. The summed E-state index contributed by atoms with van der Waals surface area (Å²) in [5, 5.41) is 1.72. The Morgan fingerprint density at radius 3 is 1.76 bits per heavy atom. The maximum absolute atomic E-state index is 11.1. The molecule has 4 rings (SSSR count). The molecule has 180 valence electrons. The lowest BCUT2D eigenvalue weighted by atomic mass is 10.1. The maximum Gasteiger partial charge on any atom is 0.295 e. The van der Waals surface area contributed by atoms with Gasteiger partial charge in [-0.1, -0.05) is 24.3 Å². The van der Waals surface area contributed by atoms with Crippen LogP contribution in [0.15, 0.2) is 81.4 Å². The van der Waals surface area contributed by atoms with Crippen LogP contribution >= 0.6 is 0 Å². The van der Waals surface area contributed by atoms with Crippen molar-refractivity contribution in [2.45, 2.75) is 14.7 Å². The molecular formula is C20H18N2O9S3. The van der Waals surface area contributed by atoms with E-state index in [1.165, 1.54) is 12.1 Å². The SMILES string of the molecule is Nc1cc(S(=O)(=O)O)cc2ccc(S(=O)(=O)O)cc12.Nc1ccc2c(S(=O)(=O)O)cccc2c1. The molecule has 0 bridgehead atoms. The monoisotopic (exact) mass is 526 g/mol. The second kappa shape index (κ2) is 8.83. The zero-order valence-electron chi connectivity index (χ0n) is 17.0. The Morgan fingerprint density at radius 2 is 1.18 bits per heavy atom. The van der Waals surface area contributed by atoms with Gasteiger partial charge < -0.3 is 11.5 Å². The molecule has 0 aromatic heterocycles. The molecule has 0 aliphatic heterocycles. The molecule has 4 aromatic rings. The molecule has 14 heteroatoms. The van der Waals surface area contributed by atoms with E-state index in [-0.39, 0.29) is 20.9 Å². The summed E-state index contributed by atoms with van der Waals surface area (Å²) in [6, 6.07) is 15.1. The van der Waals surface area contributed by atoms with Gasteiger partial charge >= 0.3 is 0 Å². The first-order valence-corrected chi connectivity index (χ1v) is 13.4. The molecule has 34 heavy (non-hydrogen) atoms. The molecule has 0 unspecified atom stereocenters. The quantitative estimate of drug-likeness (QED) is 0.193. The Kier molecular flexibility index (Phi) is 6.58. The van der Waals surface area contributed by atoms with Gasteiger partial charge in [0.15, 0.2) is 0 Å². The van der Waals surface area contributed by atoms with Crippen LogP contribution in [-0.4, -0.2) is 38.9 Å². The fraction of sp³-hybridized carbons (Fsp3) is 0. The van der Waals surface area contributed by atoms with Gasteiger partial charge in [0.2, 0.25) is 0 Å². The second-order valence-corrected chi connectivity index (χ2v) is 11.3. The summed E-state index contributed by atoms with van der Waals surface area (Å²) in [7, 11) is -13.0. The number of rotatable bonds is 3. The summed E-state index contributed by atoms with van der Waals surface area (Å²) in [6.07, 6.45) is 0. The number of nitrogen functional groups attached to an aromatic ring is 2. The average molecular weight is 527 g/mol. The first-order valence-electron chi connectivity index (χ1n) is 9.11. The minimum atomic E-state index is -4.40. The first-order chi connectivity index (χ1) is 15.6. The van der Waals surface area contributed by atoms with Crippen molar-refractivity contribution < 1.29 is 38.9 Å². The maximum atomic E-state index is 11.1. The van der Waals surface area contributed by atoms with Gasteiger partial charge in [0.05, 0.1) is 9.79 Å². The van der Waals surface area contributed by atoms with E-state index >= 15 is 0 Å². The van der Waals surface area contributed by atoms with Gasteiger partial charge in [0, 0.05) is 22.1 Å². The third-order valence-electron chi connectivity index (χ3n) is 4.67. The molecule has 0 amide bonds. The van der Waals surface area contributed by atoms with Crippen LogP contribution in [0.5, 0.6) is 0 Å². The molecular weight excluding hydrogens is 508 g/mol. The van der Waals surface area contributed by atoms with Crippen molar-refractivity contribution in [3.05, 3.63) is 66.7 Å². The smallest absolute Gasteiger partial charge is 0.295 e. The van der Waals surface area contributed by atoms with Crippen LogP contribution in [-0.2, 0) is 30.4 Å². The Balaban J connectivity index is 0.000000196. The predicted molar refractivity (Wildman–Crippen MR) is 126 cm³/mol. The number of fused-ring (bicyclic) bond motifs is 2. The zero-order chi connectivity index (χ0) is 25.5. The van der Waals surface area contributed by atoms with E-state index in [1.54, 1.807) is 30.3 Å². The zero-order valence-corrected chi connectivity index (χ0v) is 19.5. The summed E-state index contributed by atoms with van der Waals surface area (Å²) in [5.41, 5.74) is 11.7. The minimum absolute atomic E-state index is 0.0318. The number of anilines is 2. The summed E-state index contributed by atoms with van der Waals surface area (Å²) in [4.78, 5) is -0.844. The third kappa shape index (κ3) is 5.61. The van der Waals surface area contributed by atoms with E-state index in [4.69, 9.17) is 25.1 Å². The summed E-state index contributed by atoms with van der Waals surface area (Å²) >= 11 is 0. The van der Waals surface area contributed by atoms with Crippen molar-refractivity contribution in [2.75, 3.05) is 11.5 Å². The second-order valence-electron chi connectivity index (χ2n) is 7.06. The normalized spacial score (nSPS) is 12.3. The standard InChI is InChI=1S/C10H9NO6S2.C10H9NO3S/c11-10-5-8(19(15,16)17)3-6-1-2-7(4-9(6)10)18(12,13)14;11-8-4-5-9-7(6-8)2-1-3-10(9)15(12,13)14/h1-5H,11H2,(H,12,13,14)(H,15,16,17);1-6H,11H2,(H,12,13,14). The highest BCUT2D eigenvalue weighted by molar-refractivity contribution is 7.86. The molecule has 0 aliphatic rings. The number of hydrogen-bond acceptors (Lipinski definition) is 8. The molecule has 0 aliphatic carbocycles. The van der Waals surface area contributed by atoms with Crippen molar-refractivity contribution in [3.63, 3.8) is 0 Å². The fourth-order valence-electron chi connectivity index (χ4n) is 3.14. The molecule has 4 aromatic carbocycles. The summed E-state index contributed by atoms with van der Waals surface area (Å²) in [6.45, 7) is 0. The van der Waals surface area contributed by atoms with E-state index in [1.807, 2.05) is 0 Å². The van der Waals surface area contributed by atoms with Crippen LogP contribution in [0.25, 0.3) is 21.5 Å². The fourth-order valence-corrected chi connectivity index (χ4v) is 4.92. The lowest BCUT2D eigenvalue weighted by Gasteiger charge is -2.06. The highest BCUT2D eigenvalue weighted by atomic mass is 32.2. The van der Waals surface area contributed by atoms with Crippen molar-refractivity contribution >= 4 is 63.3 Å². The van der Waals surface area contributed by atoms with Gasteiger partial charge in [-0.2, -0.15) is 25.3 Å². The molecule has 7 N–H and O–H groups in total. The highest BCUT2D eigenvalue weighted by Crippen LogP contribution is 2.28. The Labute approximate surface area is 194 Å². The Hall–Kier alpha value is -3.27. The lowest BCUT2D eigenvalue weighted by Crippen LogP contribution is -2.01. The van der Waals surface area contributed by atoms with Crippen LogP contribution in [0.1, 0.15) is 0 Å². The van der Waals surface area contributed by atoms with Gasteiger partial charge in [-0.25, -0.2) is 0 Å². The molecule has 0 spiro atoms. The van der Waals surface area contributed by atoms with E-state index in [0.29, 0.717) is 21.8 Å². The summed E-state index contributed by atoms with van der Waals surface area (Å²) in [5.74, 6) is 0. The van der Waals surface area contributed by atoms with Gasteiger partial charge in [0.1, 0.15) is 4.90 Å². The first kappa shape index (κ1) is 25.4. The van der Waals surface area contributed by atoms with Crippen molar-refractivity contribution in [3.8, 4) is 0 Å². The van der Waals surface area contributed by atoms with Crippen LogP contribution in [0.3, 0.4) is 0 Å². The van der Waals surface area contributed by atoms with E-state index in [9.17, 15) is 25.3 Å². The minimum Gasteiger partial charge on any atom is -0.399 e. The van der Waals surface area contributed by atoms with Crippen LogP contribution < -0.4 is 11.5 Å². The number of benzene rings is 4. The van der Waals surface area contributed by atoms with Gasteiger partial charge in [0.25, 0.3) is 30.4 Å². The van der Waals surface area contributed by atoms with Crippen molar-refractivity contribution in [1.82, 2.24) is 0 Å². The third-order valence-corrected chi connectivity index (χ3v) is 7.26. The van der Waals surface area contributed by atoms with Crippen molar-refractivity contribution in [2.24, 2.45) is 0 Å². The summed E-state index contributed by atoms with van der Waals surface area (Å²) < 4.78 is 93.0. The molecule has 0 heterocycles. The van der Waals surface area contributed by atoms with E-state index < -0.39 is 35.2 Å². The molecule has 11 nitrogen and oxygen atoms in total. The molecule has 0 saturated carbocycles. The molecule has 0 fully saturated rings. The van der Waals surface area contributed by atoms with Crippen molar-refractivity contribution in [1.29, 1.82) is 0 Å². The Morgan fingerprint density at radius 1 is 0.559 bits per heavy atom. The van der Waals surface area contributed by atoms with Gasteiger partial charge in [-0.05, 0) is 53.2 Å². The molecule has 0 atom stereocenters. The highest BCUT2D eigenvalue weighted by Gasteiger charge is 2.15. The molecule has 0 radical (unpaired) electrons. The lowest BCUT2D eigenvalue weighted by molar-refractivity contribution is 0.481. The number of hydrogen-bond donors (Lipinski definition) is 5. The predicted octanol–water partition coefficient (Wildman–Crippen LogP) is 2.58. The average Bonchev–Trinajstić information content (AvgIpc) is 2.71. The van der Waals surface area contributed by atoms with Crippen LogP contribution in [0, 0.1) is 0 Å². The Bertz CT molecular complexity index is 1750. The topological polar surface area (TPSA) is 215 Å².